The smallest absolute Gasteiger partial charge is 0 e. The van der Waals surface area contributed by atoms with Crippen LogP contribution in [0.5, 0.6) is 0 Å². The molecule has 25 heteroatoms. The second kappa shape index (κ2) is 63.0. The summed E-state index contributed by atoms with van der Waals surface area (Å²) in [5.74, 6) is 0.445. The van der Waals surface area contributed by atoms with Gasteiger partial charge in [-0.05, 0) is 26.7 Å². The first kappa shape index (κ1) is 98.8. The third-order valence-electron chi connectivity index (χ3n) is 7.15. The third-order valence-corrected chi connectivity index (χ3v) is 9.74. The van der Waals surface area contributed by atoms with Crippen LogP contribution in [0, 0.1) is 379 Å². The normalized spacial score (nSPS) is 25.6. The van der Waals surface area contributed by atoms with Crippen molar-refractivity contribution in [2.75, 3.05) is 26.4 Å². The van der Waals surface area contributed by atoms with Crippen molar-refractivity contribution < 1.29 is 435 Å². The molecule has 4 unspecified atom stereocenters. The molecule has 0 spiro atoms. The van der Waals surface area contributed by atoms with Crippen molar-refractivity contribution in [1.82, 2.24) is 0 Å². The predicted octanol–water partition coefficient (Wildman–Crippen LogP) is 1.39. The zero-order valence-electron chi connectivity index (χ0n) is 35.2. The number of hydrogen-bond acceptors (Lipinski definition) is 14. The summed E-state index contributed by atoms with van der Waals surface area (Å²) in [7, 11) is 10.6. The average molecular weight is 2680 g/mol. The molecule has 0 aromatic rings. The Labute approximate surface area is 653 Å². The van der Waals surface area contributed by atoms with Crippen LogP contribution in [0.4, 0.5) is 0 Å². The Balaban J connectivity index is -0.0000000519. The van der Waals surface area contributed by atoms with E-state index in [0.29, 0.717) is 6.42 Å². The molecular formula is C34H62Ac8Cl2O14Ru-2. The second-order valence-electron chi connectivity index (χ2n) is 11.0. The summed E-state index contributed by atoms with van der Waals surface area (Å²) in [6, 6.07) is 0. The first-order valence-corrected chi connectivity index (χ1v) is 20.9. The molecule has 2 aliphatic heterocycles. The van der Waals surface area contributed by atoms with Crippen molar-refractivity contribution in [1.29, 1.82) is 0 Å². The van der Waals surface area contributed by atoms with Gasteiger partial charge in [0.25, 0.3) is 0 Å². The van der Waals surface area contributed by atoms with Gasteiger partial charge in [-0.25, -0.2) is 0 Å². The maximum Gasteiger partial charge on any atom is 0 e. The quantitative estimate of drug-likeness (QED) is 0.0699. The number of carbonyl (C=O) groups excluding carboxylic acids is 2. The number of halogens is 2. The zero-order chi connectivity index (χ0) is 38.3. The van der Waals surface area contributed by atoms with Gasteiger partial charge in [-0.15, -0.1) is 13.2 Å². The second-order valence-corrected chi connectivity index (χ2v) is 17.2. The number of rotatable bonds is 14. The molecule has 2 rings (SSSR count). The third kappa shape index (κ3) is 48.1. The first-order valence-electron chi connectivity index (χ1n) is 15.4. The summed E-state index contributed by atoms with van der Waals surface area (Å²) < 4.78 is 22.4. The minimum Gasteiger partial charge on any atom is -0.358 e. The summed E-state index contributed by atoms with van der Waals surface area (Å²) in [6.07, 6.45) is -4.34. The van der Waals surface area contributed by atoms with Gasteiger partial charge < -0.3 is 74.7 Å². The van der Waals surface area contributed by atoms with Crippen molar-refractivity contribution in [3.8, 4) is 0 Å². The van der Waals surface area contributed by atoms with Crippen molar-refractivity contribution in [3.63, 3.8) is 0 Å². The number of aliphatic hydroxyl groups is 8. The van der Waals surface area contributed by atoms with E-state index in [9.17, 15) is 40.2 Å². The SMILES string of the molecule is C=CCO[C@H]1OC(CO)[C@H](O)[C@H](O)C1O.C=CC[C@H](C)C(C)=O.CC(=O)[C@@H](C)CC=CCO[C@H]1OC(CO)[C@H](O)[C@H](O)C1O.C[CH]=[Ru]([Cl])[Cl].[Ac].[Ac].[Ac].[Ac].[Ac].[Ac].[Ac].[Ac].[CH3-].[CH3-]. The summed E-state index contributed by atoms with van der Waals surface area (Å²) in [5.41, 5.74) is 0. The van der Waals surface area contributed by atoms with E-state index in [4.69, 9.17) is 48.5 Å². The van der Waals surface area contributed by atoms with E-state index >= 15 is 0 Å². The fourth-order valence-electron chi connectivity index (χ4n) is 3.67. The van der Waals surface area contributed by atoms with Gasteiger partial charge in [0.1, 0.15) is 60.4 Å². The Morgan fingerprint density at radius 2 is 0.949 bits per heavy atom. The molecule has 0 amide bonds. The number of aliphatic hydroxyl groups excluding tert-OH is 8. The molecule has 0 aliphatic carbocycles. The zero-order valence-corrected chi connectivity index (χ0v) is 76.4. The van der Waals surface area contributed by atoms with Crippen molar-refractivity contribution in [2.45, 2.75) is 109 Å². The monoisotopic (exact) mass is 2680 g/mol. The van der Waals surface area contributed by atoms with Crippen LogP contribution in [0.1, 0.15) is 47.5 Å². The number of allylic oxidation sites excluding steroid dienone is 2. The Bertz CT molecular complexity index is 1030. The molecule has 0 bridgehead atoms. The number of hydrogen-bond donors (Lipinski definition) is 8. The molecule has 12 atom stereocenters. The number of carbonyl (C=O) groups is 2. The predicted molar refractivity (Wildman–Crippen MR) is 194 cm³/mol. The number of Topliss-reactive ketones (excluding diaryl/α,β-unsaturated/α-hetero) is 2. The molecule has 330 valence electrons. The maximum atomic E-state index is 11.0. The van der Waals surface area contributed by atoms with Crippen LogP contribution in [-0.2, 0) is 42.1 Å². The first-order chi connectivity index (χ1) is 22.9. The van der Waals surface area contributed by atoms with Crippen LogP contribution < -0.4 is 0 Å². The van der Waals surface area contributed by atoms with E-state index in [1.54, 1.807) is 25.2 Å². The van der Waals surface area contributed by atoms with Crippen molar-refractivity contribution in [2.24, 2.45) is 11.8 Å². The number of ketones is 2. The Hall–Kier alpha value is 10.7. The Morgan fingerprint density at radius 3 is 1.20 bits per heavy atom. The standard InChI is InChI=1S/C14H24O7.C9H16O6.C7H12O.C2H4.2CH3.8Ac.2ClH.Ru/c1-8(9(2)16)5-3-4-6-20-14-13(19)12(18)11(17)10(7-15)21-14;1-2-3-14-9-8(13)7(12)6(11)5(4-10)15-9;1-4-5-6(2)7(3)8;1-2;;;;;;;;;;;;;/h3-4,8,10-15,17-19H,5-7H2,1-2H3;2,5-13H,1,3-4H2;4,6H,1,5H2,2-3H3;1H,2H3;2*1H3;;;;;;;;;2*1H;/q;;;;2*-1;;;;;;;;;;;+2/p-2/t8-,10?,11-,12-,13?,14-;5?,6-,7-,8?,9-;6-;;;;;;;;;;;;;;/m000............../s1. The number of ether oxygens (including phenoxy) is 4. The van der Waals surface area contributed by atoms with Crippen molar-refractivity contribution >= 4 is 35.6 Å². The summed E-state index contributed by atoms with van der Waals surface area (Å²) in [6.45, 7) is 15.0. The molecule has 14 nitrogen and oxygen atoms in total. The van der Waals surface area contributed by atoms with E-state index in [0.717, 1.165) is 6.42 Å². The van der Waals surface area contributed by atoms with Gasteiger partial charge in [-0.1, -0.05) is 38.2 Å². The van der Waals surface area contributed by atoms with Crippen LogP contribution >= 0.6 is 19.4 Å². The van der Waals surface area contributed by atoms with Gasteiger partial charge in [0, 0.05) is 364 Å². The summed E-state index contributed by atoms with van der Waals surface area (Å²) in [4.78, 5) is 21.5. The fourth-order valence-corrected chi connectivity index (χ4v) is 3.67. The van der Waals surface area contributed by atoms with Crippen LogP contribution in [-0.4, -0.2) is 145 Å². The topological polar surface area (TPSA) is 233 Å². The minimum absolute atomic E-state index is 0. The van der Waals surface area contributed by atoms with Gasteiger partial charge in [0.05, 0.1) is 26.4 Å². The van der Waals surface area contributed by atoms with E-state index < -0.39 is 88.1 Å². The molecular weight excluding hydrogens is 2620 g/mol. The largest absolute Gasteiger partial charge is 0.358 e. The van der Waals surface area contributed by atoms with E-state index in [1.807, 2.05) is 25.4 Å². The van der Waals surface area contributed by atoms with Crippen LogP contribution in [0.2, 0.25) is 0 Å². The molecule has 8 radical (unpaired) electrons. The molecule has 59 heavy (non-hydrogen) atoms. The maximum absolute atomic E-state index is 11.0. The Morgan fingerprint density at radius 1 is 0.627 bits per heavy atom. The molecule has 2 saturated heterocycles. The van der Waals surface area contributed by atoms with Gasteiger partial charge in [-0.2, -0.15) is 0 Å². The molecule has 0 aromatic carbocycles. The molecule has 8 N–H and O–H groups in total. The van der Waals surface area contributed by atoms with Crippen molar-refractivity contribution in [3.05, 3.63) is 52.3 Å². The summed E-state index contributed by atoms with van der Waals surface area (Å²) in [5, 5.41) is 75.1. The van der Waals surface area contributed by atoms with E-state index in [-0.39, 0.29) is 404 Å². The fraction of sp³-hybridized carbons (Fsp3) is 0.676. The minimum atomic E-state index is -1.44. The van der Waals surface area contributed by atoms with Gasteiger partial charge >= 0.3 is 44.4 Å². The van der Waals surface area contributed by atoms with Crippen LogP contribution in [0.15, 0.2) is 37.5 Å². The Kier molecular flexibility index (Phi) is 105. The molecule has 0 aromatic heterocycles. The van der Waals surface area contributed by atoms with Gasteiger partial charge in [-0.3, -0.25) is 9.59 Å². The van der Waals surface area contributed by atoms with E-state index in [2.05, 4.69) is 13.2 Å². The van der Waals surface area contributed by atoms with E-state index in [1.165, 1.54) is 13.0 Å². The van der Waals surface area contributed by atoms with Gasteiger partial charge in [0.2, 0.25) is 0 Å². The van der Waals surface area contributed by atoms with Gasteiger partial charge in [0.15, 0.2) is 12.6 Å². The average Bonchev–Trinajstić information content (AvgIpc) is 3.07. The molecule has 2 heterocycles. The van der Waals surface area contributed by atoms with Crippen LogP contribution in [0.25, 0.3) is 0 Å². The molecule has 2 fully saturated rings. The van der Waals surface area contributed by atoms with Crippen LogP contribution in [0.3, 0.4) is 0 Å². The summed E-state index contributed by atoms with van der Waals surface area (Å²) >= 11 is -1.36. The molecule has 0 saturated carbocycles. The molecule has 2 aliphatic rings.